The van der Waals surface area contributed by atoms with Crippen molar-refractivity contribution in [1.29, 1.82) is 5.41 Å². The zero-order valence-corrected chi connectivity index (χ0v) is 22.8. The van der Waals surface area contributed by atoms with Crippen LogP contribution in [0.3, 0.4) is 0 Å². The van der Waals surface area contributed by atoms with Gasteiger partial charge in [-0.25, -0.2) is 14.4 Å². The monoisotopic (exact) mass is 574 g/mol. The van der Waals surface area contributed by atoms with Crippen LogP contribution >= 0.6 is 0 Å². The Labute approximate surface area is 243 Å². The highest BCUT2D eigenvalue weighted by Gasteiger charge is 2.58. The van der Waals surface area contributed by atoms with Crippen LogP contribution in [0.2, 0.25) is 0 Å². The number of guanidine groups is 1. The third-order valence-electron chi connectivity index (χ3n) is 6.11. The molecule has 3 rings (SSSR count). The van der Waals surface area contributed by atoms with Crippen LogP contribution in [-0.2, 0) is 43.6 Å². The van der Waals surface area contributed by atoms with Crippen molar-refractivity contribution >= 4 is 30.0 Å². The highest BCUT2D eigenvalue weighted by molar-refractivity contribution is 6.12. The maximum atomic E-state index is 13.7. The molecule has 3 aromatic carbocycles. The van der Waals surface area contributed by atoms with E-state index < -0.39 is 36.0 Å². The molecular formula is C30H32N5O7. The Morgan fingerprint density at radius 2 is 1.12 bits per heavy atom. The average Bonchev–Trinajstić information content (AvgIpc) is 3.00. The number of hydrogen-bond donors (Lipinski definition) is 3. The number of nitrogens with zero attached hydrogens (tertiary/aromatic N) is 1. The molecule has 5 N–H and O–H groups in total. The Balaban J connectivity index is 1.98. The summed E-state index contributed by atoms with van der Waals surface area (Å²) in [6.07, 6.45) is -3.37. The maximum absolute atomic E-state index is 13.7. The second-order valence-corrected chi connectivity index (χ2v) is 9.11. The first-order chi connectivity index (χ1) is 20.2. The number of nitrogens with one attached hydrogen (secondary N) is 3. The zero-order valence-electron chi connectivity index (χ0n) is 22.8. The topological polar surface area (TPSA) is 185 Å². The number of amides is 3. The van der Waals surface area contributed by atoms with Gasteiger partial charge in [0.2, 0.25) is 5.54 Å². The van der Waals surface area contributed by atoms with E-state index in [1.165, 1.54) is 0 Å². The molecule has 3 aromatic rings. The summed E-state index contributed by atoms with van der Waals surface area (Å²) in [5, 5.41) is 9.90. The molecule has 0 bridgehead atoms. The molecule has 0 saturated heterocycles. The standard InChI is InChI=1S/C30H32N5O7/c31-25(36)30(17-10-18-34-27(32)33,26(37)40-19-22-11-4-1-5-12-22)35(28(38)41-20-23-13-6-2-7-14-23)29(39)42-21-24-15-8-3-9-16-24/h1-9,11-16,31H,10,17-21H2,(H4,32,33,34)/t30-/m0/s1. The number of rotatable bonds is 13. The van der Waals surface area contributed by atoms with Crippen molar-refractivity contribution < 1.29 is 33.4 Å². The van der Waals surface area contributed by atoms with Gasteiger partial charge in [0, 0.05) is 6.54 Å². The van der Waals surface area contributed by atoms with Crippen LogP contribution in [0.4, 0.5) is 9.59 Å². The molecule has 12 heteroatoms. The molecule has 0 spiro atoms. The van der Waals surface area contributed by atoms with Crippen molar-refractivity contribution in [3.8, 4) is 0 Å². The van der Waals surface area contributed by atoms with Crippen molar-refractivity contribution in [1.82, 2.24) is 16.0 Å². The largest absolute Gasteiger partial charge is 0.459 e. The molecule has 0 aliphatic heterocycles. The van der Waals surface area contributed by atoms with Crippen molar-refractivity contribution in [2.75, 3.05) is 6.54 Å². The van der Waals surface area contributed by atoms with E-state index in [0.29, 0.717) is 16.7 Å². The molecule has 1 radical (unpaired) electrons. The van der Waals surface area contributed by atoms with Crippen LogP contribution in [0.15, 0.2) is 91.0 Å². The molecule has 12 nitrogen and oxygen atoms in total. The second-order valence-electron chi connectivity index (χ2n) is 9.11. The van der Waals surface area contributed by atoms with Crippen LogP contribution < -0.4 is 16.8 Å². The lowest BCUT2D eigenvalue weighted by Crippen LogP contribution is -2.65. The van der Waals surface area contributed by atoms with E-state index in [2.05, 4.69) is 5.32 Å². The van der Waals surface area contributed by atoms with Gasteiger partial charge in [0.25, 0.3) is 5.91 Å². The molecule has 1 atom stereocenters. The molecule has 219 valence electrons. The van der Waals surface area contributed by atoms with Gasteiger partial charge in [-0.05, 0) is 29.5 Å². The number of ether oxygens (including phenoxy) is 3. The molecule has 0 aliphatic rings. The van der Waals surface area contributed by atoms with Gasteiger partial charge in [-0.1, -0.05) is 91.0 Å². The summed E-state index contributed by atoms with van der Waals surface area (Å²) >= 11 is 0. The maximum Gasteiger partial charge on any atom is 0.421 e. The summed E-state index contributed by atoms with van der Waals surface area (Å²) in [6, 6.07) is 25.6. The first-order valence-corrected chi connectivity index (χ1v) is 13.0. The third-order valence-corrected chi connectivity index (χ3v) is 6.11. The fourth-order valence-corrected chi connectivity index (χ4v) is 3.98. The smallest absolute Gasteiger partial charge is 0.421 e. The third kappa shape index (κ3) is 8.55. The molecule has 0 fully saturated rings. The van der Waals surface area contributed by atoms with Gasteiger partial charge >= 0.3 is 18.2 Å². The Kier molecular flexibility index (Phi) is 11.4. The summed E-state index contributed by atoms with van der Waals surface area (Å²) in [7, 11) is 0. The summed E-state index contributed by atoms with van der Waals surface area (Å²) in [4.78, 5) is 54.0. The van der Waals surface area contributed by atoms with Gasteiger partial charge in [-0.15, -0.1) is 0 Å². The number of benzene rings is 3. The number of nitrogens with two attached hydrogens (primary N) is 1. The van der Waals surface area contributed by atoms with E-state index in [1.54, 1.807) is 91.0 Å². The molecule has 0 aromatic heterocycles. The minimum Gasteiger partial charge on any atom is -0.459 e. The van der Waals surface area contributed by atoms with Gasteiger partial charge in [0.05, 0.1) is 0 Å². The van der Waals surface area contributed by atoms with Crippen molar-refractivity contribution in [2.24, 2.45) is 5.73 Å². The lowest BCUT2D eigenvalue weighted by Gasteiger charge is -2.36. The van der Waals surface area contributed by atoms with Crippen molar-refractivity contribution in [3.63, 3.8) is 0 Å². The van der Waals surface area contributed by atoms with Crippen molar-refractivity contribution in [2.45, 2.75) is 38.2 Å². The first-order valence-electron chi connectivity index (χ1n) is 13.0. The van der Waals surface area contributed by atoms with E-state index in [0.717, 1.165) is 0 Å². The predicted octanol–water partition coefficient (Wildman–Crippen LogP) is 3.52. The fourth-order valence-electron chi connectivity index (χ4n) is 3.98. The number of esters is 1. The van der Waals surface area contributed by atoms with Crippen molar-refractivity contribution in [3.05, 3.63) is 108 Å². The Morgan fingerprint density at radius 3 is 1.50 bits per heavy atom. The average molecular weight is 575 g/mol. The zero-order chi connectivity index (χ0) is 30.4. The molecular weight excluding hydrogens is 542 g/mol. The SMILES string of the molecule is [NH]C(=O)[C@@](CCCNC(=N)N)(C(=O)OCc1ccccc1)N(C(=O)OCc1ccccc1)C(=O)OCc1ccccc1. The summed E-state index contributed by atoms with van der Waals surface area (Å²) in [5.74, 6) is -3.27. The number of carbonyl (C=O) groups excluding carboxylic acids is 4. The Morgan fingerprint density at radius 1 is 0.714 bits per heavy atom. The second kappa shape index (κ2) is 15.4. The number of hydrogen-bond acceptors (Lipinski definition) is 8. The van der Waals surface area contributed by atoms with E-state index in [4.69, 9.17) is 31.1 Å². The van der Waals surface area contributed by atoms with Crippen LogP contribution in [0.25, 0.3) is 0 Å². The fraction of sp³-hybridized carbons (Fsp3) is 0.233. The normalized spacial score (nSPS) is 11.8. The molecule has 0 saturated carbocycles. The predicted molar refractivity (Wildman–Crippen MR) is 151 cm³/mol. The van der Waals surface area contributed by atoms with Crippen LogP contribution in [0, 0.1) is 5.41 Å². The van der Waals surface area contributed by atoms with E-state index in [1.807, 2.05) is 0 Å². The Hall–Kier alpha value is -5.39. The summed E-state index contributed by atoms with van der Waals surface area (Å²) < 4.78 is 16.1. The summed E-state index contributed by atoms with van der Waals surface area (Å²) in [6.45, 7) is -0.903. The van der Waals surface area contributed by atoms with Gasteiger partial charge < -0.3 is 25.3 Å². The van der Waals surface area contributed by atoms with Gasteiger partial charge in [0.15, 0.2) is 5.96 Å². The van der Waals surface area contributed by atoms with Gasteiger partial charge in [0.1, 0.15) is 19.8 Å². The van der Waals surface area contributed by atoms with Crippen LogP contribution in [0.5, 0.6) is 0 Å². The van der Waals surface area contributed by atoms with Crippen LogP contribution in [0.1, 0.15) is 29.5 Å². The molecule has 42 heavy (non-hydrogen) atoms. The number of carbonyl (C=O) groups is 4. The first kappa shape index (κ1) is 31.1. The van der Waals surface area contributed by atoms with E-state index >= 15 is 0 Å². The lowest BCUT2D eigenvalue weighted by molar-refractivity contribution is -0.163. The highest BCUT2D eigenvalue weighted by atomic mass is 16.6. The molecule has 0 heterocycles. The quantitative estimate of drug-likeness (QED) is 0.0686. The number of imide groups is 1. The minimum absolute atomic E-state index is 0.0116. The van der Waals surface area contributed by atoms with E-state index in [-0.39, 0.29) is 43.6 Å². The lowest BCUT2D eigenvalue weighted by atomic mass is 9.90. The highest BCUT2D eigenvalue weighted by Crippen LogP contribution is 2.28. The van der Waals surface area contributed by atoms with Crippen LogP contribution in [-0.4, -0.2) is 47.0 Å². The van der Waals surface area contributed by atoms with Gasteiger partial charge in [-0.3, -0.25) is 15.9 Å². The van der Waals surface area contributed by atoms with Gasteiger partial charge in [-0.2, -0.15) is 4.90 Å². The Bertz CT molecular complexity index is 1300. The molecule has 0 unspecified atom stereocenters. The molecule has 3 amide bonds. The molecule has 0 aliphatic carbocycles. The minimum atomic E-state index is -2.77. The van der Waals surface area contributed by atoms with E-state index in [9.17, 15) is 19.2 Å². The summed E-state index contributed by atoms with van der Waals surface area (Å²) in [5.41, 5.74) is 12.4.